The van der Waals surface area contributed by atoms with Crippen LogP contribution in [0, 0.1) is 20.8 Å². The molecule has 3 aromatic heterocycles. The Bertz CT molecular complexity index is 1060. The van der Waals surface area contributed by atoms with Crippen LogP contribution in [0.4, 0.5) is 11.4 Å². The highest BCUT2D eigenvalue weighted by Gasteiger charge is 2.21. The summed E-state index contributed by atoms with van der Waals surface area (Å²) < 4.78 is 4.57. The van der Waals surface area contributed by atoms with Gasteiger partial charge < -0.3 is 10.6 Å². The monoisotopic (exact) mass is 404 g/mol. The third-order valence-corrected chi connectivity index (χ3v) is 5.04. The summed E-state index contributed by atoms with van der Waals surface area (Å²) in [5.41, 5.74) is 3.28. The van der Waals surface area contributed by atoms with Crippen molar-refractivity contribution < 1.29 is 9.59 Å². The van der Waals surface area contributed by atoms with Gasteiger partial charge in [-0.05, 0) is 20.8 Å². The lowest BCUT2D eigenvalue weighted by Crippen LogP contribution is -2.23. The second-order valence-electron chi connectivity index (χ2n) is 6.44. The number of nitrogens with one attached hydrogen (secondary N) is 2. The van der Waals surface area contributed by atoms with Crippen molar-refractivity contribution in [3.05, 3.63) is 40.2 Å². The van der Waals surface area contributed by atoms with Crippen LogP contribution >= 0.6 is 11.6 Å². The molecule has 2 N–H and O–H groups in total. The van der Waals surface area contributed by atoms with Gasteiger partial charge in [0.2, 0.25) is 5.91 Å². The Hall–Kier alpha value is -3.14. The van der Waals surface area contributed by atoms with Crippen molar-refractivity contribution in [1.82, 2.24) is 29.3 Å². The Kier molecular flexibility index (Phi) is 5.23. The van der Waals surface area contributed by atoms with Gasteiger partial charge >= 0.3 is 0 Å². The molecule has 3 rings (SSSR count). The van der Waals surface area contributed by atoms with E-state index in [9.17, 15) is 9.59 Å². The molecule has 0 aliphatic carbocycles. The molecule has 11 heteroatoms. The molecule has 0 saturated carbocycles. The number of amides is 2. The maximum Gasteiger partial charge on any atom is 0.276 e. The summed E-state index contributed by atoms with van der Waals surface area (Å²) in [5.74, 6) is -0.748. The maximum absolute atomic E-state index is 12.7. The van der Waals surface area contributed by atoms with Crippen molar-refractivity contribution in [2.75, 3.05) is 10.6 Å². The highest BCUT2D eigenvalue weighted by molar-refractivity contribution is 6.31. The molecular formula is C17H21ClN8O2. The molecule has 0 spiro atoms. The number of nitrogens with zero attached hydrogens (tertiary/aromatic N) is 6. The van der Waals surface area contributed by atoms with E-state index >= 15 is 0 Å². The summed E-state index contributed by atoms with van der Waals surface area (Å²) in [6.07, 6.45) is 2.99. The largest absolute Gasteiger partial charge is 0.321 e. The van der Waals surface area contributed by atoms with E-state index < -0.39 is 5.91 Å². The first kappa shape index (κ1) is 19.6. The molecule has 2 amide bonds. The summed E-state index contributed by atoms with van der Waals surface area (Å²) in [6.45, 7) is 5.37. The third-order valence-electron chi connectivity index (χ3n) is 4.50. The van der Waals surface area contributed by atoms with E-state index in [1.165, 1.54) is 15.6 Å². The van der Waals surface area contributed by atoms with Crippen LogP contribution in [0.2, 0.25) is 5.02 Å². The first-order valence-electron chi connectivity index (χ1n) is 8.50. The Morgan fingerprint density at radius 3 is 2.21 bits per heavy atom. The van der Waals surface area contributed by atoms with Gasteiger partial charge in [-0.3, -0.25) is 23.6 Å². The SMILES string of the molecule is Cc1nn(CC(=O)Nc2cnn(C)c2C(=O)Nc2cnn(C)c2C)c(C)c1Cl. The fourth-order valence-electron chi connectivity index (χ4n) is 2.76. The number of hydrogen-bond donors (Lipinski definition) is 2. The Labute approximate surface area is 166 Å². The topological polar surface area (TPSA) is 112 Å². The molecule has 0 radical (unpaired) electrons. The molecule has 10 nitrogen and oxygen atoms in total. The first-order valence-corrected chi connectivity index (χ1v) is 8.88. The van der Waals surface area contributed by atoms with Crippen LogP contribution in [0.3, 0.4) is 0 Å². The Morgan fingerprint density at radius 1 is 1.00 bits per heavy atom. The van der Waals surface area contributed by atoms with Crippen LogP contribution in [-0.2, 0) is 25.4 Å². The number of carbonyl (C=O) groups is 2. The van der Waals surface area contributed by atoms with E-state index in [0.717, 1.165) is 5.69 Å². The molecule has 0 aromatic carbocycles. The normalized spacial score (nSPS) is 10.9. The maximum atomic E-state index is 12.7. The molecule has 3 aromatic rings. The summed E-state index contributed by atoms with van der Waals surface area (Å²) >= 11 is 6.12. The molecule has 0 bridgehead atoms. The van der Waals surface area contributed by atoms with E-state index in [4.69, 9.17) is 11.6 Å². The number of aryl methyl sites for hydroxylation is 3. The lowest BCUT2D eigenvalue weighted by molar-refractivity contribution is -0.116. The lowest BCUT2D eigenvalue weighted by atomic mass is 10.3. The minimum atomic E-state index is -0.402. The van der Waals surface area contributed by atoms with Gasteiger partial charge in [-0.15, -0.1) is 0 Å². The van der Waals surface area contributed by atoms with Crippen LogP contribution in [0.15, 0.2) is 12.4 Å². The molecule has 0 atom stereocenters. The van der Waals surface area contributed by atoms with Crippen LogP contribution < -0.4 is 10.6 Å². The van der Waals surface area contributed by atoms with E-state index in [1.54, 1.807) is 38.8 Å². The number of hydrogen-bond acceptors (Lipinski definition) is 5. The molecule has 0 saturated heterocycles. The molecule has 3 heterocycles. The Morgan fingerprint density at radius 2 is 1.64 bits per heavy atom. The van der Waals surface area contributed by atoms with Crippen LogP contribution in [-0.4, -0.2) is 41.2 Å². The smallest absolute Gasteiger partial charge is 0.276 e. The fraction of sp³-hybridized carbons (Fsp3) is 0.353. The van der Waals surface area contributed by atoms with Gasteiger partial charge in [-0.1, -0.05) is 11.6 Å². The molecular weight excluding hydrogens is 384 g/mol. The van der Waals surface area contributed by atoms with Gasteiger partial charge in [0.15, 0.2) is 0 Å². The molecule has 28 heavy (non-hydrogen) atoms. The summed E-state index contributed by atoms with van der Waals surface area (Å²) in [6, 6.07) is 0. The summed E-state index contributed by atoms with van der Waals surface area (Å²) in [5, 5.41) is 18.4. The van der Waals surface area contributed by atoms with Crippen molar-refractivity contribution >= 4 is 34.8 Å². The second kappa shape index (κ2) is 7.47. The molecule has 0 aliphatic rings. The Balaban J connectivity index is 1.76. The van der Waals surface area contributed by atoms with Gasteiger partial charge in [0, 0.05) is 14.1 Å². The fourth-order valence-corrected chi connectivity index (χ4v) is 2.89. The molecule has 148 valence electrons. The highest BCUT2D eigenvalue weighted by Crippen LogP contribution is 2.20. The molecule has 0 unspecified atom stereocenters. The molecule has 0 aliphatic heterocycles. The minimum absolute atomic E-state index is 0.0307. The van der Waals surface area contributed by atoms with E-state index in [2.05, 4.69) is 25.9 Å². The van der Waals surface area contributed by atoms with Crippen molar-refractivity contribution in [3.8, 4) is 0 Å². The zero-order valence-electron chi connectivity index (χ0n) is 16.2. The number of carbonyl (C=O) groups excluding carboxylic acids is 2. The summed E-state index contributed by atoms with van der Waals surface area (Å²) in [4.78, 5) is 25.2. The van der Waals surface area contributed by atoms with E-state index in [1.807, 2.05) is 6.92 Å². The van der Waals surface area contributed by atoms with Crippen LogP contribution in [0.25, 0.3) is 0 Å². The van der Waals surface area contributed by atoms with Gasteiger partial charge in [-0.2, -0.15) is 15.3 Å². The summed E-state index contributed by atoms with van der Waals surface area (Å²) in [7, 11) is 3.41. The van der Waals surface area contributed by atoms with E-state index in [-0.39, 0.29) is 18.1 Å². The predicted octanol–water partition coefficient (Wildman–Crippen LogP) is 1.82. The predicted molar refractivity (Wildman–Crippen MR) is 104 cm³/mol. The number of rotatable bonds is 5. The third kappa shape index (κ3) is 3.63. The van der Waals surface area contributed by atoms with Crippen molar-refractivity contribution in [3.63, 3.8) is 0 Å². The first-order chi connectivity index (χ1) is 13.2. The quantitative estimate of drug-likeness (QED) is 0.673. The van der Waals surface area contributed by atoms with Gasteiger partial charge in [0.05, 0.1) is 45.9 Å². The minimum Gasteiger partial charge on any atom is -0.321 e. The standard InChI is InChI=1S/C17H21ClN8O2/c1-9-15(18)11(3)26(23-9)8-14(27)21-13-7-20-25(5)16(13)17(28)22-12-6-19-24(4)10(12)2/h6-7H,8H2,1-5H3,(H,21,27)(H,22,28). The van der Waals surface area contributed by atoms with E-state index in [0.29, 0.717) is 27.8 Å². The van der Waals surface area contributed by atoms with Crippen LogP contribution in [0.5, 0.6) is 0 Å². The average molecular weight is 405 g/mol. The van der Waals surface area contributed by atoms with Crippen molar-refractivity contribution in [1.29, 1.82) is 0 Å². The van der Waals surface area contributed by atoms with Crippen molar-refractivity contribution in [2.45, 2.75) is 27.3 Å². The van der Waals surface area contributed by atoms with Crippen LogP contribution in [0.1, 0.15) is 27.6 Å². The number of anilines is 2. The second-order valence-corrected chi connectivity index (χ2v) is 6.82. The van der Waals surface area contributed by atoms with Gasteiger partial charge in [-0.25, -0.2) is 0 Å². The zero-order valence-corrected chi connectivity index (χ0v) is 17.0. The van der Waals surface area contributed by atoms with Crippen molar-refractivity contribution in [2.24, 2.45) is 14.1 Å². The zero-order chi connectivity index (χ0) is 20.6. The number of aromatic nitrogens is 6. The highest BCUT2D eigenvalue weighted by atomic mass is 35.5. The van der Waals surface area contributed by atoms with Gasteiger partial charge in [0.1, 0.15) is 12.2 Å². The molecule has 0 fully saturated rings. The lowest BCUT2D eigenvalue weighted by Gasteiger charge is -2.09. The average Bonchev–Trinajstić information content (AvgIpc) is 3.23. The van der Waals surface area contributed by atoms with Gasteiger partial charge in [0.25, 0.3) is 5.91 Å². The number of halogens is 1.